The number of carboxylic acid groups (broad SMARTS) is 1. The van der Waals surface area contributed by atoms with Crippen molar-refractivity contribution >= 4 is 35.6 Å². The standard InChI is InChI=1S/C22H18ClN3O6/c23-18-8-6-14(10-17(18)22(29)30)19-9-7-16(32-19)11-25-26-20(27)12-24-21(28)13-31-15-4-2-1-3-5-15/h1-11H,12-13H2,(H,24,28)(H,26,27)(H,29,30)/b25-11-. The number of carbonyl (C=O) groups is 3. The van der Waals surface area contributed by atoms with E-state index in [0.29, 0.717) is 22.8 Å². The maximum atomic E-state index is 11.8. The van der Waals surface area contributed by atoms with Crippen LogP contribution in [0.1, 0.15) is 16.1 Å². The number of aromatic carboxylic acids is 1. The van der Waals surface area contributed by atoms with Gasteiger partial charge in [0.2, 0.25) is 0 Å². The highest BCUT2D eigenvalue weighted by atomic mass is 35.5. The molecule has 0 unspecified atom stereocenters. The van der Waals surface area contributed by atoms with Crippen LogP contribution in [-0.2, 0) is 9.59 Å². The molecule has 0 aliphatic rings. The van der Waals surface area contributed by atoms with Crippen molar-refractivity contribution < 1.29 is 28.6 Å². The monoisotopic (exact) mass is 455 g/mol. The van der Waals surface area contributed by atoms with Gasteiger partial charge in [-0.15, -0.1) is 0 Å². The average molecular weight is 456 g/mol. The number of rotatable bonds is 9. The quantitative estimate of drug-likeness (QED) is 0.336. The number of benzene rings is 2. The van der Waals surface area contributed by atoms with Gasteiger partial charge in [0.05, 0.1) is 23.3 Å². The van der Waals surface area contributed by atoms with Gasteiger partial charge in [0.25, 0.3) is 11.8 Å². The van der Waals surface area contributed by atoms with E-state index in [4.69, 9.17) is 25.9 Å². The summed E-state index contributed by atoms with van der Waals surface area (Å²) in [5.41, 5.74) is 2.74. The highest BCUT2D eigenvalue weighted by Gasteiger charge is 2.12. The van der Waals surface area contributed by atoms with Crippen molar-refractivity contribution in [2.75, 3.05) is 13.2 Å². The van der Waals surface area contributed by atoms with Gasteiger partial charge < -0.3 is 19.6 Å². The van der Waals surface area contributed by atoms with E-state index in [-0.39, 0.29) is 23.7 Å². The van der Waals surface area contributed by atoms with Crippen LogP contribution in [0.25, 0.3) is 11.3 Å². The van der Waals surface area contributed by atoms with Crippen LogP contribution in [0, 0.1) is 0 Å². The van der Waals surface area contributed by atoms with E-state index in [1.54, 1.807) is 42.5 Å². The minimum absolute atomic E-state index is 0.0423. The summed E-state index contributed by atoms with van der Waals surface area (Å²) >= 11 is 5.87. The molecule has 0 atom stereocenters. The molecule has 0 saturated heterocycles. The van der Waals surface area contributed by atoms with Crippen LogP contribution < -0.4 is 15.5 Å². The lowest BCUT2D eigenvalue weighted by Gasteiger charge is -2.06. The smallest absolute Gasteiger partial charge is 0.337 e. The molecular formula is C22H18ClN3O6. The van der Waals surface area contributed by atoms with Gasteiger partial charge in [0.15, 0.2) is 6.61 Å². The molecule has 9 nitrogen and oxygen atoms in total. The summed E-state index contributed by atoms with van der Waals surface area (Å²) in [6, 6.07) is 16.5. The molecule has 0 aliphatic heterocycles. The Morgan fingerprint density at radius 2 is 1.84 bits per heavy atom. The molecule has 0 bridgehead atoms. The van der Waals surface area contributed by atoms with E-state index in [9.17, 15) is 14.4 Å². The molecule has 3 N–H and O–H groups in total. The molecule has 0 spiro atoms. The van der Waals surface area contributed by atoms with Crippen LogP contribution in [0.4, 0.5) is 0 Å². The maximum absolute atomic E-state index is 11.8. The van der Waals surface area contributed by atoms with Gasteiger partial charge in [-0.1, -0.05) is 29.8 Å². The predicted octanol–water partition coefficient (Wildman–Crippen LogP) is 2.94. The van der Waals surface area contributed by atoms with E-state index in [1.165, 1.54) is 18.3 Å². The predicted molar refractivity (Wildman–Crippen MR) is 117 cm³/mol. The first-order chi connectivity index (χ1) is 15.4. The van der Waals surface area contributed by atoms with Crippen molar-refractivity contribution in [3.8, 4) is 17.1 Å². The minimum atomic E-state index is -1.15. The zero-order valence-electron chi connectivity index (χ0n) is 16.6. The van der Waals surface area contributed by atoms with E-state index in [2.05, 4.69) is 15.8 Å². The van der Waals surface area contributed by atoms with E-state index >= 15 is 0 Å². The van der Waals surface area contributed by atoms with Crippen molar-refractivity contribution in [1.29, 1.82) is 0 Å². The third-order valence-electron chi connectivity index (χ3n) is 4.05. The summed E-state index contributed by atoms with van der Waals surface area (Å²) in [5.74, 6) is -0.855. The SMILES string of the molecule is O=C(COc1ccccc1)NCC(=O)N/N=C\c1ccc(-c2ccc(Cl)c(C(=O)O)c2)o1. The van der Waals surface area contributed by atoms with Gasteiger partial charge in [-0.05, 0) is 42.5 Å². The number of carbonyl (C=O) groups excluding carboxylic acids is 2. The number of furan rings is 1. The Balaban J connectivity index is 1.45. The van der Waals surface area contributed by atoms with Gasteiger partial charge in [-0.3, -0.25) is 9.59 Å². The van der Waals surface area contributed by atoms with Crippen molar-refractivity contribution in [2.24, 2.45) is 5.10 Å². The van der Waals surface area contributed by atoms with Crippen LogP contribution in [0.5, 0.6) is 5.75 Å². The van der Waals surface area contributed by atoms with E-state index in [1.807, 2.05) is 6.07 Å². The molecule has 10 heteroatoms. The lowest BCUT2D eigenvalue weighted by molar-refractivity contribution is -0.127. The van der Waals surface area contributed by atoms with Crippen LogP contribution in [0.3, 0.4) is 0 Å². The Labute approximate surface area is 187 Å². The average Bonchev–Trinajstić information content (AvgIpc) is 3.26. The molecule has 1 aromatic heterocycles. The van der Waals surface area contributed by atoms with Crippen LogP contribution >= 0.6 is 11.6 Å². The zero-order valence-corrected chi connectivity index (χ0v) is 17.3. The number of ether oxygens (including phenoxy) is 1. The first-order valence-electron chi connectivity index (χ1n) is 9.32. The molecule has 3 aromatic rings. The molecule has 164 valence electrons. The molecule has 2 amide bonds. The number of nitrogens with zero attached hydrogens (tertiary/aromatic N) is 1. The highest BCUT2D eigenvalue weighted by Crippen LogP contribution is 2.26. The molecule has 0 fully saturated rings. The molecule has 32 heavy (non-hydrogen) atoms. The Kier molecular flexibility index (Phi) is 7.60. The largest absolute Gasteiger partial charge is 0.484 e. The number of hydrogen-bond donors (Lipinski definition) is 3. The second kappa shape index (κ2) is 10.8. The maximum Gasteiger partial charge on any atom is 0.337 e. The van der Waals surface area contributed by atoms with Crippen molar-refractivity contribution in [3.05, 3.63) is 77.0 Å². The second-order valence-corrected chi connectivity index (χ2v) is 6.78. The highest BCUT2D eigenvalue weighted by molar-refractivity contribution is 6.33. The molecule has 2 aromatic carbocycles. The van der Waals surface area contributed by atoms with E-state index < -0.39 is 17.8 Å². The normalized spacial score (nSPS) is 10.7. The van der Waals surface area contributed by atoms with Crippen LogP contribution in [0.2, 0.25) is 5.02 Å². The van der Waals surface area contributed by atoms with Gasteiger partial charge in [0, 0.05) is 5.56 Å². The summed E-state index contributed by atoms with van der Waals surface area (Å²) < 4.78 is 10.9. The van der Waals surface area contributed by atoms with Crippen molar-refractivity contribution in [1.82, 2.24) is 10.7 Å². The number of carboxylic acids is 1. The minimum Gasteiger partial charge on any atom is -0.484 e. The van der Waals surface area contributed by atoms with Crippen molar-refractivity contribution in [2.45, 2.75) is 0 Å². The fraction of sp³-hybridized carbons (Fsp3) is 0.0909. The number of hydrazone groups is 1. The Morgan fingerprint density at radius 3 is 2.59 bits per heavy atom. The fourth-order valence-corrected chi connectivity index (χ4v) is 2.72. The number of para-hydroxylation sites is 1. The molecular weight excluding hydrogens is 438 g/mol. The summed E-state index contributed by atoms with van der Waals surface area (Å²) in [5, 5.41) is 15.5. The summed E-state index contributed by atoms with van der Waals surface area (Å²) in [7, 11) is 0. The third-order valence-corrected chi connectivity index (χ3v) is 4.38. The van der Waals surface area contributed by atoms with Gasteiger partial charge in [-0.2, -0.15) is 5.10 Å². The number of nitrogens with one attached hydrogen (secondary N) is 2. The van der Waals surface area contributed by atoms with Crippen molar-refractivity contribution in [3.63, 3.8) is 0 Å². The van der Waals surface area contributed by atoms with E-state index in [0.717, 1.165) is 0 Å². The molecule has 0 radical (unpaired) electrons. The molecule has 3 rings (SSSR count). The number of hydrogen-bond acceptors (Lipinski definition) is 6. The third kappa shape index (κ3) is 6.44. The van der Waals surface area contributed by atoms with Gasteiger partial charge >= 0.3 is 5.97 Å². The van der Waals surface area contributed by atoms with Crippen LogP contribution in [-0.4, -0.2) is 42.3 Å². The molecule has 0 saturated carbocycles. The summed E-state index contributed by atoms with van der Waals surface area (Å²) in [6.07, 6.45) is 1.27. The lowest BCUT2D eigenvalue weighted by Crippen LogP contribution is -2.37. The Morgan fingerprint density at radius 1 is 1.06 bits per heavy atom. The summed E-state index contributed by atoms with van der Waals surface area (Å²) in [6.45, 7) is -0.496. The lowest BCUT2D eigenvalue weighted by atomic mass is 10.1. The van der Waals surface area contributed by atoms with Gasteiger partial charge in [-0.25, -0.2) is 10.2 Å². The Hall–Kier alpha value is -4.11. The Bertz CT molecular complexity index is 1140. The molecule has 1 heterocycles. The molecule has 0 aliphatic carbocycles. The van der Waals surface area contributed by atoms with Gasteiger partial charge in [0.1, 0.15) is 17.3 Å². The first-order valence-corrected chi connectivity index (χ1v) is 9.69. The zero-order chi connectivity index (χ0) is 22.9. The number of halogens is 1. The topological polar surface area (TPSA) is 130 Å². The van der Waals surface area contributed by atoms with Crippen LogP contribution in [0.15, 0.2) is 70.2 Å². The first kappa shape index (κ1) is 22.6. The second-order valence-electron chi connectivity index (χ2n) is 6.37. The fourth-order valence-electron chi connectivity index (χ4n) is 2.52. The summed E-state index contributed by atoms with van der Waals surface area (Å²) in [4.78, 5) is 34.7. The number of amides is 2.